The van der Waals surface area contributed by atoms with Gasteiger partial charge in [0.1, 0.15) is 0 Å². The van der Waals surface area contributed by atoms with E-state index in [2.05, 4.69) is 4.90 Å². The van der Waals surface area contributed by atoms with Crippen molar-refractivity contribution in [2.24, 2.45) is 0 Å². The molecule has 0 N–H and O–H groups in total. The topological polar surface area (TPSA) is 62.3 Å². The SMILES string of the molecule is COc1cc2c(cc1OC)[C@H]1[C@H](C(=O)N3CCN(C4CCCCC4)CC3)c3ccccc3C(=O)N1CC2. The standard InChI is InChI=1S/C30H37N3O4/c1-36-25-18-20-12-13-33-28(24(20)19-26(25)37-2)27(22-10-6-7-11-23(22)29(33)34)30(35)32-16-14-31(15-17-32)21-8-4-3-5-9-21/h6-7,10-11,18-19,21,27-28H,3-5,8-9,12-17H2,1-2H3/t27-,28+/m1/s1. The van der Waals surface area contributed by atoms with Gasteiger partial charge in [-0.25, -0.2) is 0 Å². The van der Waals surface area contributed by atoms with Gasteiger partial charge in [-0.1, -0.05) is 37.5 Å². The van der Waals surface area contributed by atoms with Crippen LogP contribution >= 0.6 is 0 Å². The number of benzene rings is 2. The molecule has 0 radical (unpaired) electrons. The molecule has 6 rings (SSSR count). The molecule has 3 heterocycles. The lowest BCUT2D eigenvalue weighted by Crippen LogP contribution is -2.56. The number of amides is 2. The summed E-state index contributed by atoms with van der Waals surface area (Å²) in [5.41, 5.74) is 3.61. The summed E-state index contributed by atoms with van der Waals surface area (Å²) in [6, 6.07) is 12.0. The number of fused-ring (bicyclic) bond motifs is 4. The second-order valence-corrected chi connectivity index (χ2v) is 10.8. The molecule has 196 valence electrons. The van der Waals surface area contributed by atoms with Gasteiger partial charge in [0.25, 0.3) is 5.91 Å². The fourth-order valence-corrected chi connectivity index (χ4v) is 7.07. The van der Waals surface area contributed by atoms with Gasteiger partial charge < -0.3 is 19.3 Å². The Labute approximate surface area is 219 Å². The molecular formula is C30H37N3O4. The van der Waals surface area contributed by atoms with Crippen LogP contribution in [0.15, 0.2) is 36.4 Å². The van der Waals surface area contributed by atoms with E-state index < -0.39 is 5.92 Å². The van der Waals surface area contributed by atoms with E-state index in [0.717, 1.165) is 49.3 Å². The zero-order valence-corrected chi connectivity index (χ0v) is 21.9. The molecule has 0 bridgehead atoms. The van der Waals surface area contributed by atoms with E-state index in [-0.39, 0.29) is 17.9 Å². The first-order valence-electron chi connectivity index (χ1n) is 13.8. The predicted molar refractivity (Wildman–Crippen MR) is 141 cm³/mol. The van der Waals surface area contributed by atoms with Gasteiger partial charge in [-0.2, -0.15) is 0 Å². The summed E-state index contributed by atoms with van der Waals surface area (Å²) in [6.07, 6.45) is 7.28. The summed E-state index contributed by atoms with van der Waals surface area (Å²) in [5, 5.41) is 0. The first-order valence-corrected chi connectivity index (χ1v) is 13.8. The molecule has 0 spiro atoms. The van der Waals surface area contributed by atoms with E-state index in [9.17, 15) is 9.59 Å². The average molecular weight is 504 g/mol. The average Bonchev–Trinajstić information content (AvgIpc) is 2.96. The Balaban J connectivity index is 1.35. The first-order chi connectivity index (χ1) is 18.1. The maximum absolute atomic E-state index is 14.4. The van der Waals surface area contributed by atoms with E-state index in [0.29, 0.717) is 29.6 Å². The van der Waals surface area contributed by atoms with Crippen LogP contribution in [0.25, 0.3) is 0 Å². The van der Waals surface area contributed by atoms with Crippen molar-refractivity contribution >= 4 is 11.8 Å². The summed E-state index contributed by atoms with van der Waals surface area (Å²) < 4.78 is 11.2. The Bertz CT molecular complexity index is 1180. The van der Waals surface area contributed by atoms with Gasteiger partial charge in [0.2, 0.25) is 5.91 Å². The van der Waals surface area contributed by atoms with E-state index in [1.165, 1.54) is 32.1 Å². The van der Waals surface area contributed by atoms with Gasteiger partial charge in [0, 0.05) is 44.3 Å². The highest BCUT2D eigenvalue weighted by Gasteiger charge is 2.48. The molecule has 0 aromatic heterocycles. The van der Waals surface area contributed by atoms with Crippen LogP contribution < -0.4 is 9.47 Å². The van der Waals surface area contributed by atoms with Crippen LogP contribution in [0.1, 0.15) is 71.1 Å². The van der Waals surface area contributed by atoms with Crippen molar-refractivity contribution in [3.8, 4) is 11.5 Å². The number of rotatable bonds is 4. The van der Waals surface area contributed by atoms with Crippen molar-refractivity contribution in [3.63, 3.8) is 0 Å². The zero-order chi connectivity index (χ0) is 25.5. The van der Waals surface area contributed by atoms with E-state index >= 15 is 0 Å². The van der Waals surface area contributed by atoms with Crippen molar-refractivity contribution in [1.29, 1.82) is 0 Å². The zero-order valence-electron chi connectivity index (χ0n) is 21.9. The monoisotopic (exact) mass is 503 g/mol. The summed E-state index contributed by atoms with van der Waals surface area (Å²) in [6.45, 7) is 3.93. The van der Waals surface area contributed by atoms with Crippen LogP contribution in [0.2, 0.25) is 0 Å². The third-order valence-electron chi connectivity index (χ3n) is 9.01. The third kappa shape index (κ3) is 4.17. The number of methoxy groups -OCH3 is 2. The maximum Gasteiger partial charge on any atom is 0.254 e. The normalized spacial score (nSPS) is 24.2. The highest BCUT2D eigenvalue weighted by atomic mass is 16.5. The highest BCUT2D eigenvalue weighted by molar-refractivity contribution is 6.01. The molecule has 2 amide bonds. The highest BCUT2D eigenvalue weighted by Crippen LogP contribution is 2.49. The van der Waals surface area contributed by atoms with Crippen LogP contribution in [-0.2, 0) is 11.2 Å². The molecule has 7 nitrogen and oxygen atoms in total. The number of piperazine rings is 1. The van der Waals surface area contributed by atoms with Gasteiger partial charge in [-0.05, 0) is 54.2 Å². The predicted octanol–water partition coefficient (Wildman–Crippen LogP) is 4.02. The first kappa shape index (κ1) is 24.3. The second kappa shape index (κ2) is 10.0. The number of hydrogen-bond acceptors (Lipinski definition) is 5. The molecule has 2 atom stereocenters. The number of ether oxygens (including phenoxy) is 2. The van der Waals surface area contributed by atoms with Crippen LogP contribution in [-0.4, -0.2) is 79.5 Å². The summed E-state index contributed by atoms with van der Waals surface area (Å²) >= 11 is 0. The van der Waals surface area contributed by atoms with Gasteiger partial charge in [-0.15, -0.1) is 0 Å². The van der Waals surface area contributed by atoms with Gasteiger partial charge >= 0.3 is 0 Å². The van der Waals surface area contributed by atoms with Crippen molar-refractivity contribution in [2.75, 3.05) is 46.9 Å². The molecule has 1 aliphatic carbocycles. The lowest BCUT2D eigenvalue weighted by molar-refractivity contribution is -0.137. The van der Waals surface area contributed by atoms with E-state index in [1.807, 2.05) is 46.2 Å². The molecule has 7 heteroatoms. The van der Waals surface area contributed by atoms with Crippen LogP contribution in [0, 0.1) is 0 Å². The summed E-state index contributed by atoms with van der Waals surface area (Å²) in [4.78, 5) is 34.6. The molecule has 1 saturated carbocycles. The molecule has 2 aromatic carbocycles. The molecule has 0 unspecified atom stereocenters. The Morgan fingerprint density at radius 3 is 2.30 bits per heavy atom. The minimum Gasteiger partial charge on any atom is -0.493 e. The smallest absolute Gasteiger partial charge is 0.254 e. The maximum atomic E-state index is 14.4. The Morgan fingerprint density at radius 1 is 0.865 bits per heavy atom. The van der Waals surface area contributed by atoms with Crippen LogP contribution in [0.5, 0.6) is 11.5 Å². The molecule has 2 aromatic rings. The number of hydrogen-bond donors (Lipinski definition) is 0. The Kier molecular flexibility index (Phi) is 6.57. The number of carbonyl (C=O) groups is 2. The molecule has 37 heavy (non-hydrogen) atoms. The Morgan fingerprint density at radius 2 is 1.57 bits per heavy atom. The minimum absolute atomic E-state index is 0.00667. The fourth-order valence-electron chi connectivity index (χ4n) is 7.07. The molecule has 1 saturated heterocycles. The Hall–Kier alpha value is -3.06. The van der Waals surface area contributed by atoms with Crippen molar-refractivity contribution in [2.45, 2.75) is 56.5 Å². The van der Waals surface area contributed by atoms with Gasteiger partial charge in [-0.3, -0.25) is 14.5 Å². The molecule has 2 fully saturated rings. The lowest BCUT2D eigenvalue weighted by atomic mass is 9.75. The number of nitrogens with zero attached hydrogens (tertiary/aromatic N) is 3. The minimum atomic E-state index is -0.438. The van der Waals surface area contributed by atoms with Crippen molar-refractivity contribution in [1.82, 2.24) is 14.7 Å². The third-order valence-corrected chi connectivity index (χ3v) is 9.01. The fraction of sp³-hybridized carbons (Fsp3) is 0.533. The largest absolute Gasteiger partial charge is 0.493 e. The summed E-state index contributed by atoms with van der Waals surface area (Å²) in [7, 11) is 3.26. The second-order valence-electron chi connectivity index (χ2n) is 10.8. The van der Waals surface area contributed by atoms with Crippen LogP contribution in [0.4, 0.5) is 0 Å². The summed E-state index contributed by atoms with van der Waals surface area (Å²) in [5.74, 6) is 1.00. The number of carbonyl (C=O) groups excluding carboxylic acids is 2. The molecular weight excluding hydrogens is 466 g/mol. The van der Waals surface area contributed by atoms with Crippen LogP contribution in [0.3, 0.4) is 0 Å². The van der Waals surface area contributed by atoms with E-state index in [4.69, 9.17) is 9.47 Å². The molecule has 3 aliphatic heterocycles. The molecule has 4 aliphatic rings. The van der Waals surface area contributed by atoms with E-state index in [1.54, 1.807) is 14.2 Å². The lowest BCUT2D eigenvalue weighted by Gasteiger charge is -2.47. The van der Waals surface area contributed by atoms with Crippen molar-refractivity contribution in [3.05, 3.63) is 58.7 Å². The van der Waals surface area contributed by atoms with Gasteiger partial charge in [0.05, 0.1) is 26.2 Å². The van der Waals surface area contributed by atoms with Crippen molar-refractivity contribution < 1.29 is 19.1 Å². The van der Waals surface area contributed by atoms with Gasteiger partial charge in [0.15, 0.2) is 11.5 Å². The quantitative estimate of drug-likeness (QED) is 0.631.